The Hall–Kier alpha value is -3.42. The molecule has 1 aliphatic rings. The van der Waals surface area contributed by atoms with Gasteiger partial charge in [-0.05, 0) is 103 Å². The minimum Gasteiger partial charge on any atom is -0.454 e. The highest BCUT2D eigenvalue weighted by molar-refractivity contribution is 5.80. The molecule has 8 unspecified atom stereocenters. The highest BCUT2D eigenvalue weighted by Gasteiger charge is 2.47. The molecule has 1 fully saturated rings. The topological polar surface area (TPSA) is 175 Å². The van der Waals surface area contributed by atoms with Crippen LogP contribution in [0.15, 0.2) is 97.2 Å². The van der Waals surface area contributed by atoms with Crippen LogP contribution in [0.4, 0.5) is 0 Å². The van der Waals surface area contributed by atoms with Gasteiger partial charge >= 0.3 is 5.97 Å². The number of allylic oxidation sites excluding steroid dienone is 15. The number of rotatable bonds is 55. The van der Waals surface area contributed by atoms with Gasteiger partial charge in [-0.2, -0.15) is 0 Å². The second kappa shape index (κ2) is 57.0. The summed E-state index contributed by atoms with van der Waals surface area (Å²) < 4.78 is 17.6. The number of hydrogen-bond donors (Lipinski definition) is 6. The van der Waals surface area contributed by atoms with Crippen molar-refractivity contribution < 1.29 is 49.3 Å². The van der Waals surface area contributed by atoms with Gasteiger partial charge in [0, 0.05) is 6.42 Å². The molecule has 0 aromatic carbocycles. The predicted octanol–water partition coefficient (Wildman–Crippen LogP) is 16.3. The van der Waals surface area contributed by atoms with Gasteiger partial charge in [0.1, 0.15) is 24.4 Å². The number of unbranched alkanes of at least 4 members (excludes halogenated alkanes) is 27. The van der Waals surface area contributed by atoms with E-state index in [1.54, 1.807) is 6.08 Å². The van der Waals surface area contributed by atoms with Crippen molar-refractivity contribution >= 4 is 11.9 Å². The molecule has 1 aliphatic heterocycles. The minimum absolute atomic E-state index is 0.113. The number of carbonyl (C=O) groups excluding carboxylic acids is 2. The van der Waals surface area contributed by atoms with E-state index in [1.165, 1.54) is 128 Å². The van der Waals surface area contributed by atoms with E-state index >= 15 is 0 Å². The van der Waals surface area contributed by atoms with Crippen LogP contribution in [0.3, 0.4) is 0 Å². The molecule has 11 nitrogen and oxygen atoms in total. The lowest BCUT2D eigenvalue weighted by molar-refractivity contribution is -0.305. The van der Waals surface area contributed by atoms with Gasteiger partial charge in [0.2, 0.25) is 5.91 Å². The minimum atomic E-state index is -1.63. The molecule has 0 aromatic heterocycles. The Morgan fingerprint density at radius 2 is 0.889 bits per heavy atom. The molecule has 1 rings (SSSR count). The van der Waals surface area contributed by atoms with Gasteiger partial charge in [-0.1, -0.05) is 259 Å². The normalized spacial score (nSPS) is 19.3. The number of aliphatic hydroxyl groups is 5. The van der Waals surface area contributed by atoms with Crippen LogP contribution in [0.5, 0.6) is 0 Å². The summed E-state index contributed by atoms with van der Waals surface area (Å²) >= 11 is 0. The van der Waals surface area contributed by atoms with E-state index in [4.69, 9.17) is 14.2 Å². The Morgan fingerprint density at radius 3 is 1.36 bits per heavy atom. The van der Waals surface area contributed by atoms with Crippen molar-refractivity contribution in [3.63, 3.8) is 0 Å². The SMILES string of the molecule is CC/C=C\C/C=C\C/C=C\C/C=C\C/C=C\CCCCC(O)C(=O)NC(COC1OC(CO)C(O)C(O)C1OC(=O)CCCCCCCCCCCCC/C=C\C/C=C\CCCCC)C(O)/C=C/CCCCCCCCCCCCC. The number of nitrogens with one attached hydrogen (secondary N) is 1. The van der Waals surface area contributed by atoms with Gasteiger partial charge in [-0.25, -0.2) is 0 Å². The average Bonchev–Trinajstić information content (AvgIpc) is 3.46. The van der Waals surface area contributed by atoms with Crippen LogP contribution in [0.1, 0.15) is 271 Å². The quantitative estimate of drug-likeness (QED) is 0.0195. The number of carbonyl (C=O) groups is 2. The zero-order chi connectivity index (χ0) is 58.9. The van der Waals surface area contributed by atoms with E-state index in [2.05, 4.69) is 111 Å². The molecule has 0 aromatic rings. The Labute approximate surface area is 495 Å². The molecule has 0 aliphatic carbocycles. The first-order valence-electron chi connectivity index (χ1n) is 33.0. The lowest BCUT2D eigenvalue weighted by atomic mass is 9.99. The van der Waals surface area contributed by atoms with E-state index in [0.717, 1.165) is 96.3 Å². The fraction of sp³-hybridized carbons (Fsp3) is 0.743. The Morgan fingerprint density at radius 1 is 0.494 bits per heavy atom. The largest absolute Gasteiger partial charge is 0.454 e. The van der Waals surface area contributed by atoms with Crippen molar-refractivity contribution in [1.82, 2.24) is 5.32 Å². The highest BCUT2D eigenvalue weighted by atomic mass is 16.7. The summed E-state index contributed by atoms with van der Waals surface area (Å²) in [7, 11) is 0. The molecule has 0 saturated carbocycles. The Bertz CT molecular complexity index is 1690. The lowest BCUT2D eigenvalue weighted by Gasteiger charge is -2.41. The Balaban J connectivity index is 2.68. The fourth-order valence-corrected chi connectivity index (χ4v) is 9.77. The molecule has 8 atom stereocenters. The summed E-state index contributed by atoms with van der Waals surface area (Å²) in [6.45, 7) is 5.64. The molecule has 1 saturated heterocycles. The van der Waals surface area contributed by atoms with Crippen molar-refractivity contribution in [3.05, 3.63) is 97.2 Å². The van der Waals surface area contributed by atoms with Crippen LogP contribution in [0.25, 0.3) is 0 Å². The third kappa shape index (κ3) is 44.7. The summed E-state index contributed by atoms with van der Waals surface area (Å²) in [5.74, 6) is -1.23. The molecular weight excluding hydrogens is 1010 g/mol. The highest BCUT2D eigenvalue weighted by Crippen LogP contribution is 2.26. The number of hydrogen-bond acceptors (Lipinski definition) is 10. The molecule has 0 radical (unpaired) electrons. The fourth-order valence-electron chi connectivity index (χ4n) is 9.77. The molecule has 0 spiro atoms. The van der Waals surface area contributed by atoms with Gasteiger partial charge in [0.25, 0.3) is 0 Å². The van der Waals surface area contributed by atoms with Gasteiger partial charge in [-0.3, -0.25) is 9.59 Å². The van der Waals surface area contributed by atoms with Gasteiger partial charge < -0.3 is 45.1 Å². The molecule has 11 heteroatoms. The van der Waals surface area contributed by atoms with E-state index in [9.17, 15) is 35.1 Å². The standard InChI is InChI=1S/C70H121NO10/c1-4-7-10-13-16-19-22-25-27-29-31-32-33-35-37-40-43-46-49-52-55-58-65(75)81-68-67(77)66(76)64(59-72)80-70(68)79-60-61(62(73)56-53-50-47-44-41-38-24-21-18-15-12-9-6-3)71-69(78)63(74)57-54-51-48-45-42-39-36-34-30-28-26-23-20-17-14-11-8-5-2/h8,11,16-17,19-20,25-28,34,36,42,45,53,56,61-64,66-68,70,72-74,76-77H,4-7,9-10,12-15,18,21-24,29-33,35,37-41,43-44,46-52,54-55,57-60H2,1-3H3,(H,71,78)/b11-8-,19-16-,20-17-,27-25-,28-26-,36-34-,45-42-,56-53+. The third-order valence-corrected chi connectivity index (χ3v) is 15.0. The molecule has 1 heterocycles. The van der Waals surface area contributed by atoms with E-state index < -0.39 is 67.4 Å². The maximum absolute atomic E-state index is 13.4. The number of esters is 1. The van der Waals surface area contributed by atoms with Crippen molar-refractivity contribution in [2.45, 2.75) is 320 Å². The molecule has 0 bridgehead atoms. The zero-order valence-electron chi connectivity index (χ0n) is 51.6. The van der Waals surface area contributed by atoms with E-state index in [0.29, 0.717) is 12.8 Å². The van der Waals surface area contributed by atoms with Crippen molar-refractivity contribution in [2.24, 2.45) is 0 Å². The first-order valence-corrected chi connectivity index (χ1v) is 33.0. The van der Waals surface area contributed by atoms with Crippen molar-refractivity contribution in [2.75, 3.05) is 13.2 Å². The molecule has 1 amide bonds. The number of ether oxygens (including phenoxy) is 3. The molecular formula is C70H121NO10. The summed E-state index contributed by atoms with van der Waals surface area (Å²) in [5, 5.41) is 57.1. The number of aliphatic hydroxyl groups excluding tert-OH is 5. The summed E-state index contributed by atoms with van der Waals surface area (Å²) in [4.78, 5) is 26.6. The second-order valence-electron chi connectivity index (χ2n) is 22.5. The summed E-state index contributed by atoms with van der Waals surface area (Å²) in [6.07, 6.45) is 65.8. The average molecular weight is 1140 g/mol. The third-order valence-electron chi connectivity index (χ3n) is 15.0. The monoisotopic (exact) mass is 1140 g/mol. The van der Waals surface area contributed by atoms with Crippen molar-refractivity contribution in [3.8, 4) is 0 Å². The first-order chi connectivity index (χ1) is 39.7. The van der Waals surface area contributed by atoms with E-state index in [-0.39, 0.29) is 19.4 Å². The van der Waals surface area contributed by atoms with Crippen molar-refractivity contribution in [1.29, 1.82) is 0 Å². The van der Waals surface area contributed by atoms with Gasteiger partial charge in [-0.15, -0.1) is 0 Å². The Kier molecular flexibility index (Phi) is 53.2. The van der Waals surface area contributed by atoms with Crippen LogP contribution in [0, 0.1) is 0 Å². The molecule has 466 valence electrons. The van der Waals surface area contributed by atoms with E-state index in [1.807, 2.05) is 6.08 Å². The van der Waals surface area contributed by atoms with Crippen LogP contribution >= 0.6 is 0 Å². The zero-order valence-corrected chi connectivity index (χ0v) is 51.6. The van der Waals surface area contributed by atoms with Gasteiger partial charge in [0.05, 0.1) is 25.4 Å². The molecule has 81 heavy (non-hydrogen) atoms. The maximum atomic E-state index is 13.4. The summed E-state index contributed by atoms with van der Waals surface area (Å²) in [5.41, 5.74) is 0. The van der Waals surface area contributed by atoms with Crippen LogP contribution in [0.2, 0.25) is 0 Å². The summed E-state index contributed by atoms with van der Waals surface area (Å²) in [6, 6.07) is -1.05. The molecule has 6 N–H and O–H groups in total. The second-order valence-corrected chi connectivity index (χ2v) is 22.5. The van der Waals surface area contributed by atoms with Crippen LogP contribution in [-0.4, -0.2) is 99.6 Å². The van der Waals surface area contributed by atoms with Gasteiger partial charge in [0.15, 0.2) is 12.4 Å². The van der Waals surface area contributed by atoms with Crippen LogP contribution in [-0.2, 0) is 23.8 Å². The lowest BCUT2D eigenvalue weighted by Crippen LogP contribution is -2.61. The first kappa shape index (κ1) is 75.6. The predicted molar refractivity (Wildman–Crippen MR) is 338 cm³/mol. The number of amides is 1. The smallest absolute Gasteiger partial charge is 0.306 e. The van der Waals surface area contributed by atoms with Crippen LogP contribution < -0.4 is 5.32 Å². The maximum Gasteiger partial charge on any atom is 0.306 e.